The summed E-state index contributed by atoms with van der Waals surface area (Å²) in [6.07, 6.45) is 3.49. The molecule has 0 aromatic heterocycles. The van der Waals surface area contributed by atoms with E-state index in [1.165, 1.54) is 31.0 Å². The summed E-state index contributed by atoms with van der Waals surface area (Å²) in [6.45, 7) is 1.93. The number of nitro benzene ring substituents is 1. The number of nitrogens with one attached hydrogen (secondary N) is 1. The van der Waals surface area contributed by atoms with Gasteiger partial charge in [-0.25, -0.2) is 0 Å². The molecule has 106 valence electrons. The SMILES string of the molecule is O=C(N[C@@H]1CCN(C2CC2)C1)c1cccc([N+](=O)[O-])c1. The van der Waals surface area contributed by atoms with Gasteiger partial charge >= 0.3 is 0 Å². The largest absolute Gasteiger partial charge is 0.348 e. The highest BCUT2D eigenvalue weighted by Crippen LogP contribution is 2.29. The lowest BCUT2D eigenvalue weighted by Crippen LogP contribution is -2.37. The minimum atomic E-state index is -0.485. The van der Waals surface area contributed by atoms with Crippen molar-refractivity contribution in [2.24, 2.45) is 0 Å². The Morgan fingerprint density at radius 2 is 2.15 bits per heavy atom. The van der Waals surface area contributed by atoms with Crippen LogP contribution in [0.15, 0.2) is 24.3 Å². The van der Waals surface area contributed by atoms with E-state index in [1.807, 2.05) is 0 Å². The summed E-state index contributed by atoms with van der Waals surface area (Å²) in [5, 5.41) is 13.7. The molecular formula is C14H17N3O3. The predicted octanol–water partition coefficient (Wildman–Crippen LogP) is 1.56. The summed E-state index contributed by atoms with van der Waals surface area (Å²) in [5.41, 5.74) is 0.299. The van der Waals surface area contributed by atoms with E-state index in [0.717, 1.165) is 25.6 Å². The lowest BCUT2D eigenvalue weighted by Gasteiger charge is -2.15. The van der Waals surface area contributed by atoms with Crippen molar-refractivity contribution in [1.82, 2.24) is 10.2 Å². The van der Waals surface area contributed by atoms with Gasteiger partial charge in [0.1, 0.15) is 0 Å². The summed E-state index contributed by atoms with van der Waals surface area (Å²) in [5.74, 6) is -0.226. The Hall–Kier alpha value is -1.95. The molecule has 1 heterocycles. The third-order valence-corrected chi connectivity index (χ3v) is 3.94. The van der Waals surface area contributed by atoms with Gasteiger partial charge in [-0.1, -0.05) is 6.07 Å². The maximum atomic E-state index is 12.1. The zero-order chi connectivity index (χ0) is 14.1. The van der Waals surface area contributed by atoms with E-state index < -0.39 is 4.92 Å². The highest BCUT2D eigenvalue weighted by Gasteiger charge is 2.34. The first kappa shape index (κ1) is 13.1. The van der Waals surface area contributed by atoms with Gasteiger partial charge in [0.25, 0.3) is 11.6 Å². The summed E-state index contributed by atoms with van der Waals surface area (Å²) in [7, 11) is 0. The summed E-state index contributed by atoms with van der Waals surface area (Å²) < 4.78 is 0. The molecule has 1 saturated heterocycles. The quantitative estimate of drug-likeness (QED) is 0.668. The van der Waals surface area contributed by atoms with Crippen LogP contribution < -0.4 is 5.32 Å². The molecule has 6 nitrogen and oxygen atoms in total. The van der Waals surface area contributed by atoms with Crippen molar-refractivity contribution in [2.45, 2.75) is 31.3 Å². The molecule has 20 heavy (non-hydrogen) atoms. The van der Waals surface area contributed by atoms with Crippen LogP contribution in [0.1, 0.15) is 29.6 Å². The number of benzene rings is 1. The molecule has 1 saturated carbocycles. The molecule has 1 atom stereocenters. The monoisotopic (exact) mass is 275 g/mol. The van der Waals surface area contributed by atoms with Crippen molar-refractivity contribution < 1.29 is 9.72 Å². The molecule has 1 amide bonds. The number of nitrogens with zero attached hydrogens (tertiary/aromatic N) is 2. The van der Waals surface area contributed by atoms with Gasteiger partial charge in [0.15, 0.2) is 0 Å². The van der Waals surface area contributed by atoms with Gasteiger partial charge in [0, 0.05) is 42.9 Å². The average Bonchev–Trinajstić information content (AvgIpc) is 3.20. The third kappa shape index (κ3) is 2.80. The molecule has 2 fully saturated rings. The molecule has 2 aliphatic rings. The Kier molecular flexibility index (Phi) is 3.40. The van der Waals surface area contributed by atoms with Crippen LogP contribution in [0.4, 0.5) is 5.69 Å². The number of non-ortho nitro benzene ring substituents is 1. The van der Waals surface area contributed by atoms with Gasteiger partial charge in [-0.15, -0.1) is 0 Å². The molecule has 0 radical (unpaired) electrons. The van der Waals surface area contributed by atoms with E-state index in [0.29, 0.717) is 5.56 Å². The molecule has 1 aliphatic heterocycles. The summed E-state index contributed by atoms with van der Waals surface area (Å²) in [4.78, 5) is 24.8. The molecular weight excluding hydrogens is 258 g/mol. The van der Waals surface area contributed by atoms with Crippen molar-refractivity contribution in [3.63, 3.8) is 0 Å². The van der Waals surface area contributed by atoms with Crippen LogP contribution in [-0.4, -0.2) is 40.9 Å². The molecule has 1 aromatic carbocycles. The smallest absolute Gasteiger partial charge is 0.270 e. The molecule has 1 aliphatic carbocycles. The lowest BCUT2D eigenvalue weighted by atomic mass is 10.1. The van der Waals surface area contributed by atoms with Crippen LogP contribution in [0.2, 0.25) is 0 Å². The van der Waals surface area contributed by atoms with Gasteiger partial charge in [0.05, 0.1) is 4.92 Å². The van der Waals surface area contributed by atoms with Crippen LogP contribution in [0.25, 0.3) is 0 Å². The zero-order valence-electron chi connectivity index (χ0n) is 11.1. The number of likely N-dealkylation sites (tertiary alicyclic amines) is 1. The fraction of sp³-hybridized carbons (Fsp3) is 0.500. The topological polar surface area (TPSA) is 75.5 Å². The number of amides is 1. The molecule has 0 unspecified atom stereocenters. The van der Waals surface area contributed by atoms with Crippen LogP contribution in [-0.2, 0) is 0 Å². The summed E-state index contributed by atoms with van der Waals surface area (Å²) in [6, 6.07) is 6.73. The zero-order valence-corrected chi connectivity index (χ0v) is 11.1. The second-order valence-electron chi connectivity index (χ2n) is 5.49. The van der Waals surface area contributed by atoms with Gasteiger partial charge < -0.3 is 5.32 Å². The first-order valence-electron chi connectivity index (χ1n) is 6.93. The molecule has 1 N–H and O–H groups in total. The van der Waals surface area contributed by atoms with Crippen LogP contribution in [0, 0.1) is 10.1 Å². The fourth-order valence-electron chi connectivity index (χ4n) is 2.71. The number of hydrogen-bond donors (Lipinski definition) is 1. The fourth-order valence-corrected chi connectivity index (χ4v) is 2.71. The van der Waals surface area contributed by atoms with E-state index in [4.69, 9.17) is 0 Å². The van der Waals surface area contributed by atoms with Gasteiger partial charge in [0.2, 0.25) is 0 Å². The van der Waals surface area contributed by atoms with Crippen molar-refractivity contribution in [3.8, 4) is 0 Å². The third-order valence-electron chi connectivity index (χ3n) is 3.94. The van der Waals surface area contributed by atoms with Gasteiger partial charge in [-0.3, -0.25) is 19.8 Å². The second-order valence-corrected chi connectivity index (χ2v) is 5.49. The Bertz CT molecular complexity index is 542. The molecule has 0 bridgehead atoms. The van der Waals surface area contributed by atoms with E-state index >= 15 is 0 Å². The first-order valence-corrected chi connectivity index (χ1v) is 6.93. The number of carbonyl (C=O) groups excluding carboxylic acids is 1. The van der Waals surface area contributed by atoms with Crippen molar-refractivity contribution in [2.75, 3.05) is 13.1 Å². The average molecular weight is 275 g/mol. The molecule has 3 rings (SSSR count). The molecule has 1 aromatic rings. The van der Waals surface area contributed by atoms with Crippen LogP contribution in [0.5, 0.6) is 0 Å². The number of rotatable bonds is 4. The van der Waals surface area contributed by atoms with E-state index in [9.17, 15) is 14.9 Å². The minimum Gasteiger partial charge on any atom is -0.348 e. The lowest BCUT2D eigenvalue weighted by molar-refractivity contribution is -0.384. The maximum Gasteiger partial charge on any atom is 0.270 e. The van der Waals surface area contributed by atoms with E-state index in [-0.39, 0.29) is 17.6 Å². The highest BCUT2D eigenvalue weighted by molar-refractivity contribution is 5.95. The van der Waals surface area contributed by atoms with Crippen molar-refractivity contribution in [1.29, 1.82) is 0 Å². The second kappa shape index (κ2) is 5.20. The van der Waals surface area contributed by atoms with Crippen LogP contribution in [0.3, 0.4) is 0 Å². The Morgan fingerprint density at radius 3 is 2.85 bits per heavy atom. The Morgan fingerprint density at radius 1 is 1.35 bits per heavy atom. The highest BCUT2D eigenvalue weighted by atomic mass is 16.6. The first-order chi connectivity index (χ1) is 9.63. The van der Waals surface area contributed by atoms with Crippen molar-refractivity contribution in [3.05, 3.63) is 39.9 Å². The standard InChI is InChI=1S/C14H17N3O3/c18-14(10-2-1-3-13(8-10)17(19)20)15-11-6-7-16(9-11)12-4-5-12/h1-3,8,11-12H,4-7,9H2,(H,15,18)/t11-/m1/s1. The van der Waals surface area contributed by atoms with Gasteiger partial charge in [-0.2, -0.15) is 0 Å². The van der Waals surface area contributed by atoms with E-state index in [2.05, 4.69) is 10.2 Å². The van der Waals surface area contributed by atoms with E-state index in [1.54, 1.807) is 6.07 Å². The predicted molar refractivity (Wildman–Crippen MR) is 73.6 cm³/mol. The normalized spacial score (nSPS) is 22.7. The Labute approximate surface area is 116 Å². The number of hydrogen-bond acceptors (Lipinski definition) is 4. The number of carbonyl (C=O) groups is 1. The maximum absolute atomic E-state index is 12.1. The molecule has 6 heteroatoms. The van der Waals surface area contributed by atoms with Crippen molar-refractivity contribution >= 4 is 11.6 Å². The molecule has 0 spiro atoms. The Balaban J connectivity index is 1.61. The van der Waals surface area contributed by atoms with Crippen LogP contribution >= 0.6 is 0 Å². The van der Waals surface area contributed by atoms with Gasteiger partial charge in [-0.05, 0) is 25.3 Å². The summed E-state index contributed by atoms with van der Waals surface area (Å²) >= 11 is 0. The number of nitro groups is 1. The minimum absolute atomic E-state index is 0.0521.